The molecule has 4 aromatic rings. The van der Waals surface area contributed by atoms with E-state index in [1.807, 2.05) is 28.9 Å². The molecule has 0 unspecified atom stereocenters. The number of halogens is 1. The Kier molecular flexibility index (Phi) is 5.51. The minimum atomic E-state index is -0.837. The topological polar surface area (TPSA) is 101 Å². The molecule has 1 fully saturated rings. The zero-order chi connectivity index (χ0) is 23.9. The SMILES string of the molecule is Cc1ccc2oc(N3CCN(C(=O)c4ccc(-c5noc(C(C)(C)CF)n5)cc4)CC3)nc2n1. The third-order valence-electron chi connectivity index (χ3n) is 5.95. The molecule has 176 valence electrons. The second kappa shape index (κ2) is 8.51. The van der Waals surface area contributed by atoms with E-state index in [2.05, 4.69) is 20.1 Å². The van der Waals surface area contributed by atoms with Crippen molar-refractivity contribution >= 4 is 23.2 Å². The fourth-order valence-electron chi connectivity index (χ4n) is 3.76. The molecule has 9 nitrogen and oxygen atoms in total. The Morgan fingerprint density at radius 3 is 2.47 bits per heavy atom. The van der Waals surface area contributed by atoms with Crippen LogP contribution in [0.15, 0.2) is 45.3 Å². The van der Waals surface area contributed by atoms with Crippen molar-refractivity contribution in [1.82, 2.24) is 25.0 Å². The van der Waals surface area contributed by atoms with Gasteiger partial charge in [0.1, 0.15) is 6.67 Å². The van der Waals surface area contributed by atoms with E-state index in [-0.39, 0.29) is 11.8 Å². The van der Waals surface area contributed by atoms with E-state index in [1.165, 1.54) is 0 Å². The van der Waals surface area contributed by atoms with Crippen molar-refractivity contribution in [2.75, 3.05) is 37.8 Å². The molecule has 0 aliphatic carbocycles. The van der Waals surface area contributed by atoms with E-state index >= 15 is 0 Å². The monoisotopic (exact) mass is 464 g/mol. The minimum Gasteiger partial charge on any atom is -0.422 e. The van der Waals surface area contributed by atoms with Crippen molar-refractivity contribution in [2.24, 2.45) is 0 Å². The quantitative estimate of drug-likeness (QED) is 0.440. The van der Waals surface area contributed by atoms with Gasteiger partial charge in [0.15, 0.2) is 5.58 Å². The second-order valence-electron chi connectivity index (χ2n) is 9.07. The lowest BCUT2D eigenvalue weighted by Crippen LogP contribution is -2.48. The van der Waals surface area contributed by atoms with Gasteiger partial charge >= 0.3 is 0 Å². The number of amides is 1. The van der Waals surface area contributed by atoms with Crippen LogP contribution in [0.2, 0.25) is 0 Å². The number of hydrogen-bond acceptors (Lipinski definition) is 8. The van der Waals surface area contributed by atoms with Crippen molar-refractivity contribution in [3.05, 3.63) is 53.5 Å². The molecule has 0 N–H and O–H groups in total. The molecular formula is C24H25FN6O3. The third kappa shape index (κ3) is 4.11. The Morgan fingerprint density at radius 2 is 1.76 bits per heavy atom. The Morgan fingerprint density at radius 1 is 1.03 bits per heavy atom. The molecule has 0 spiro atoms. The summed E-state index contributed by atoms with van der Waals surface area (Å²) < 4.78 is 24.2. The highest BCUT2D eigenvalue weighted by Gasteiger charge is 2.28. The highest BCUT2D eigenvalue weighted by atomic mass is 19.1. The van der Waals surface area contributed by atoms with Gasteiger partial charge in [0, 0.05) is 43.0 Å². The Bertz CT molecular complexity index is 1320. The van der Waals surface area contributed by atoms with Crippen LogP contribution in [-0.2, 0) is 5.41 Å². The summed E-state index contributed by atoms with van der Waals surface area (Å²) in [6, 6.07) is 11.3. The Hall–Kier alpha value is -3.82. The third-order valence-corrected chi connectivity index (χ3v) is 5.95. The number of carbonyl (C=O) groups is 1. The first kappa shape index (κ1) is 22.0. The zero-order valence-electron chi connectivity index (χ0n) is 19.3. The van der Waals surface area contributed by atoms with Crippen LogP contribution in [0.25, 0.3) is 22.6 Å². The summed E-state index contributed by atoms with van der Waals surface area (Å²) in [4.78, 5) is 30.0. The molecule has 1 saturated heterocycles. The summed E-state index contributed by atoms with van der Waals surface area (Å²) in [6.07, 6.45) is 0. The number of carbonyl (C=O) groups excluding carboxylic acids is 1. The molecule has 1 aromatic carbocycles. The number of rotatable bonds is 5. The number of nitrogens with zero attached hydrogens (tertiary/aromatic N) is 6. The molecule has 0 saturated carbocycles. The summed E-state index contributed by atoms with van der Waals surface area (Å²) in [5.74, 6) is 0.563. The molecule has 10 heteroatoms. The fourth-order valence-corrected chi connectivity index (χ4v) is 3.76. The van der Waals surface area contributed by atoms with E-state index in [0.717, 1.165) is 5.69 Å². The van der Waals surface area contributed by atoms with Gasteiger partial charge in [0.25, 0.3) is 11.9 Å². The number of pyridine rings is 1. The van der Waals surface area contributed by atoms with E-state index in [0.29, 0.717) is 60.4 Å². The first-order chi connectivity index (χ1) is 16.3. The number of hydrogen-bond donors (Lipinski definition) is 0. The van der Waals surface area contributed by atoms with Crippen LogP contribution in [-0.4, -0.2) is 63.8 Å². The molecular weight excluding hydrogens is 439 g/mol. The normalized spacial score (nSPS) is 14.7. The van der Waals surface area contributed by atoms with Crippen molar-refractivity contribution in [3.63, 3.8) is 0 Å². The Labute approximate surface area is 195 Å². The summed E-state index contributed by atoms with van der Waals surface area (Å²) >= 11 is 0. The predicted octanol–water partition coefficient (Wildman–Crippen LogP) is 3.79. The van der Waals surface area contributed by atoms with Gasteiger partial charge in [-0.2, -0.15) is 9.97 Å². The predicted molar refractivity (Wildman–Crippen MR) is 123 cm³/mol. The zero-order valence-corrected chi connectivity index (χ0v) is 19.3. The summed E-state index contributed by atoms with van der Waals surface area (Å²) in [5.41, 5.74) is 2.57. The van der Waals surface area contributed by atoms with Gasteiger partial charge in [0.2, 0.25) is 17.4 Å². The number of oxazole rings is 1. The smallest absolute Gasteiger partial charge is 0.300 e. The highest BCUT2D eigenvalue weighted by Crippen LogP contribution is 2.26. The van der Waals surface area contributed by atoms with Gasteiger partial charge in [-0.25, -0.2) is 9.37 Å². The number of alkyl halides is 1. The molecule has 1 aliphatic heterocycles. The lowest BCUT2D eigenvalue weighted by molar-refractivity contribution is 0.0745. The van der Waals surface area contributed by atoms with E-state index in [1.54, 1.807) is 38.1 Å². The molecule has 0 bridgehead atoms. The van der Waals surface area contributed by atoms with Gasteiger partial charge in [-0.1, -0.05) is 17.3 Å². The Balaban J connectivity index is 1.23. The molecule has 1 aliphatic rings. The average Bonchev–Trinajstić information content (AvgIpc) is 3.52. The van der Waals surface area contributed by atoms with Crippen molar-refractivity contribution in [3.8, 4) is 11.4 Å². The molecule has 0 radical (unpaired) electrons. The number of benzene rings is 1. The van der Waals surface area contributed by atoms with Crippen molar-refractivity contribution in [1.29, 1.82) is 0 Å². The number of anilines is 1. The molecule has 4 heterocycles. The van der Waals surface area contributed by atoms with Crippen LogP contribution in [0.3, 0.4) is 0 Å². The first-order valence-corrected chi connectivity index (χ1v) is 11.1. The summed E-state index contributed by atoms with van der Waals surface area (Å²) in [7, 11) is 0. The second-order valence-corrected chi connectivity index (χ2v) is 9.07. The van der Waals surface area contributed by atoms with Crippen molar-refractivity contribution < 1.29 is 18.1 Å². The summed E-state index contributed by atoms with van der Waals surface area (Å²) in [6.45, 7) is 7.06. The van der Waals surface area contributed by atoms with Crippen LogP contribution < -0.4 is 4.90 Å². The molecule has 5 rings (SSSR count). The molecule has 1 amide bonds. The highest BCUT2D eigenvalue weighted by molar-refractivity contribution is 5.94. The van der Waals surface area contributed by atoms with E-state index in [9.17, 15) is 9.18 Å². The number of fused-ring (bicyclic) bond motifs is 1. The maximum absolute atomic E-state index is 13.2. The van der Waals surface area contributed by atoms with Gasteiger partial charge in [-0.05, 0) is 45.0 Å². The maximum Gasteiger partial charge on any atom is 0.300 e. The van der Waals surface area contributed by atoms with Gasteiger partial charge in [0.05, 0.1) is 5.41 Å². The van der Waals surface area contributed by atoms with Crippen LogP contribution in [0.5, 0.6) is 0 Å². The minimum absolute atomic E-state index is 0.0478. The molecule has 0 atom stereocenters. The number of aryl methyl sites for hydroxylation is 1. The van der Waals surface area contributed by atoms with E-state index in [4.69, 9.17) is 8.94 Å². The number of piperazine rings is 1. The van der Waals surface area contributed by atoms with Crippen LogP contribution in [0.1, 0.15) is 35.8 Å². The van der Waals surface area contributed by atoms with Crippen molar-refractivity contribution in [2.45, 2.75) is 26.2 Å². The maximum atomic E-state index is 13.2. The average molecular weight is 465 g/mol. The molecule has 3 aromatic heterocycles. The van der Waals surface area contributed by atoms with Gasteiger partial charge < -0.3 is 18.7 Å². The van der Waals surface area contributed by atoms with Crippen LogP contribution >= 0.6 is 0 Å². The largest absolute Gasteiger partial charge is 0.422 e. The first-order valence-electron chi connectivity index (χ1n) is 11.1. The lowest BCUT2D eigenvalue weighted by Gasteiger charge is -2.33. The van der Waals surface area contributed by atoms with E-state index < -0.39 is 12.1 Å². The van der Waals surface area contributed by atoms with Crippen LogP contribution in [0.4, 0.5) is 10.4 Å². The fraction of sp³-hybridized carbons (Fsp3) is 0.375. The number of aromatic nitrogens is 4. The summed E-state index contributed by atoms with van der Waals surface area (Å²) in [5, 5.41) is 3.95. The molecule has 34 heavy (non-hydrogen) atoms. The van der Waals surface area contributed by atoms with Crippen LogP contribution in [0, 0.1) is 6.92 Å². The lowest BCUT2D eigenvalue weighted by atomic mass is 9.96. The van der Waals surface area contributed by atoms with Gasteiger partial charge in [-0.3, -0.25) is 4.79 Å². The standard InChI is InChI=1S/C24H25FN6O3/c1-15-4-9-18-20(26-15)28-23(33-18)31-12-10-30(11-13-31)21(32)17-7-5-16(6-8-17)19-27-22(34-29-19)24(2,3)14-25/h4-9H,10-14H2,1-3H3. The van der Waals surface area contributed by atoms with Gasteiger partial charge in [-0.15, -0.1) is 0 Å².